The second kappa shape index (κ2) is 8.37. The molecule has 0 spiro atoms. The number of nitrogens with one attached hydrogen (secondary N) is 1. The number of carbonyl (C=O) groups is 2. The van der Waals surface area contributed by atoms with E-state index in [-0.39, 0.29) is 30.2 Å². The number of aliphatic hydroxyl groups excluding tert-OH is 1. The van der Waals surface area contributed by atoms with Crippen molar-refractivity contribution >= 4 is 11.8 Å². The maximum Gasteiger partial charge on any atom is 0.243 e. The van der Waals surface area contributed by atoms with Gasteiger partial charge in [-0.2, -0.15) is 0 Å². The van der Waals surface area contributed by atoms with Gasteiger partial charge in [0.1, 0.15) is 6.04 Å². The minimum absolute atomic E-state index is 0.0596. The van der Waals surface area contributed by atoms with E-state index in [1.54, 1.807) is 4.90 Å². The zero-order valence-corrected chi connectivity index (χ0v) is 13.8. The monoisotopic (exact) mass is 298 g/mol. The van der Waals surface area contributed by atoms with Crippen LogP contribution in [0.5, 0.6) is 0 Å². The van der Waals surface area contributed by atoms with Gasteiger partial charge in [-0.25, -0.2) is 0 Å². The van der Waals surface area contributed by atoms with Gasteiger partial charge < -0.3 is 15.3 Å². The molecule has 2 unspecified atom stereocenters. The minimum atomic E-state index is -0.522. The summed E-state index contributed by atoms with van der Waals surface area (Å²) in [5, 5.41) is 12.9. The molecule has 1 rings (SSSR count). The third kappa shape index (κ3) is 4.70. The molecule has 0 aromatic rings. The molecule has 0 saturated carbocycles. The predicted octanol–water partition coefficient (Wildman–Crippen LogP) is 1.55. The molecule has 21 heavy (non-hydrogen) atoms. The summed E-state index contributed by atoms with van der Waals surface area (Å²) in [6.07, 6.45) is 2.63. The van der Waals surface area contributed by atoms with E-state index < -0.39 is 12.1 Å². The Morgan fingerprint density at radius 1 is 1.33 bits per heavy atom. The highest BCUT2D eigenvalue weighted by Crippen LogP contribution is 2.19. The number of hydrogen-bond acceptors (Lipinski definition) is 3. The fraction of sp³-hybridized carbons (Fsp3) is 0.875. The molecule has 1 heterocycles. The molecule has 0 aromatic carbocycles. The van der Waals surface area contributed by atoms with Gasteiger partial charge in [0.05, 0.1) is 6.10 Å². The highest BCUT2D eigenvalue weighted by molar-refractivity contribution is 5.88. The SMILES string of the molecule is CCC(CC)C(O)CNC(=O)C(C(C)C)N1CCCC1=O. The summed E-state index contributed by atoms with van der Waals surface area (Å²) in [5.74, 6) is 0.184. The maximum absolute atomic E-state index is 12.4. The van der Waals surface area contributed by atoms with Gasteiger partial charge >= 0.3 is 0 Å². The zero-order chi connectivity index (χ0) is 16.0. The summed E-state index contributed by atoms with van der Waals surface area (Å²) < 4.78 is 0. The molecule has 0 bridgehead atoms. The van der Waals surface area contributed by atoms with E-state index in [1.807, 2.05) is 27.7 Å². The highest BCUT2D eigenvalue weighted by Gasteiger charge is 2.35. The summed E-state index contributed by atoms with van der Waals surface area (Å²) in [4.78, 5) is 25.9. The van der Waals surface area contributed by atoms with Gasteiger partial charge in [-0.3, -0.25) is 9.59 Å². The van der Waals surface area contributed by atoms with Gasteiger partial charge in [0.15, 0.2) is 0 Å². The molecule has 1 aliphatic rings. The van der Waals surface area contributed by atoms with Gasteiger partial charge in [0.25, 0.3) is 0 Å². The Kier molecular flexibility index (Phi) is 7.15. The van der Waals surface area contributed by atoms with Crippen molar-refractivity contribution in [2.75, 3.05) is 13.1 Å². The van der Waals surface area contributed by atoms with Crippen LogP contribution in [0.15, 0.2) is 0 Å². The van der Waals surface area contributed by atoms with Gasteiger partial charge in [0, 0.05) is 19.5 Å². The summed E-state index contributed by atoms with van der Waals surface area (Å²) >= 11 is 0. The number of hydrogen-bond donors (Lipinski definition) is 2. The Hall–Kier alpha value is -1.10. The second-order valence-electron chi connectivity index (χ2n) is 6.27. The summed E-state index contributed by atoms with van der Waals surface area (Å²) in [6.45, 7) is 8.90. The lowest BCUT2D eigenvalue weighted by atomic mass is 9.96. The summed E-state index contributed by atoms with van der Waals surface area (Å²) in [6, 6.07) is -0.422. The molecule has 2 amide bonds. The number of nitrogens with zero attached hydrogens (tertiary/aromatic N) is 1. The number of rotatable bonds is 8. The average molecular weight is 298 g/mol. The molecule has 5 nitrogen and oxygen atoms in total. The van der Waals surface area contributed by atoms with Crippen molar-refractivity contribution < 1.29 is 14.7 Å². The van der Waals surface area contributed by atoms with E-state index in [0.29, 0.717) is 13.0 Å². The molecule has 1 fully saturated rings. The van der Waals surface area contributed by atoms with Crippen molar-refractivity contribution in [3.8, 4) is 0 Å². The Morgan fingerprint density at radius 3 is 2.38 bits per heavy atom. The van der Waals surface area contributed by atoms with Crippen LogP contribution in [0, 0.1) is 11.8 Å². The van der Waals surface area contributed by atoms with Crippen molar-refractivity contribution in [2.45, 2.75) is 65.5 Å². The smallest absolute Gasteiger partial charge is 0.243 e. The first kappa shape index (κ1) is 18.0. The van der Waals surface area contributed by atoms with Crippen LogP contribution >= 0.6 is 0 Å². The Balaban J connectivity index is 2.60. The van der Waals surface area contributed by atoms with E-state index in [1.165, 1.54) is 0 Å². The lowest BCUT2D eigenvalue weighted by Gasteiger charge is -2.30. The van der Waals surface area contributed by atoms with Crippen LogP contribution in [0.3, 0.4) is 0 Å². The van der Waals surface area contributed by atoms with Crippen molar-refractivity contribution in [3.05, 3.63) is 0 Å². The van der Waals surface area contributed by atoms with Crippen molar-refractivity contribution in [2.24, 2.45) is 11.8 Å². The first-order valence-electron chi connectivity index (χ1n) is 8.17. The molecule has 0 radical (unpaired) electrons. The quantitative estimate of drug-likeness (QED) is 0.714. The predicted molar refractivity (Wildman–Crippen MR) is 82.7 cm³/mol. The molecule has 122 valence electrons. The molecule has 2 atom stereocenters. The van der Waals surface area contributed by atoms with E-state index >= 15 is 0 Å². The van der Waals surface area contributed by atoms with Gasteiger partial charge in [-0.15, -0.1) is 0 Å². The zero-order valence-electron chi connectivity index (χ0n) is 13.8. The number of amides is 2. The van der Waals surface area contributed by atoms with Crippen LogP contribution in [-0.4, -0.2) is 47.1 Å². The maximum atomic E-state index is 12.4. The minimum Gasteiger partial charge on any atom is -0.391 e. The molecule has 1 aliphatic heterocycles. The Labute approximate surface area is 128 Å². The fourth-order valence-corrected chi connectivity index (χ4v) is 3.08. The number of carbonyl (C=O) groups excluding carboxylic acids is 2. The van der Waals surface area contributed by atoms with E-state index in [9.17, 15) is 14.7 Å². The second-order valence-corrected chi connectivity index (χ2v) is 6.27. The van der Waals surface area contributed by atoms with Crippen LogP contribution in [0.2, 0.25) is 0 Å². The topological polar surface area (TPSA) is 69.6 Å². The highest BCUT2D eigenvalue weighted by atomic mass is 16.3. The van der Waals surface area contributed by atoms with Gasteiger partial charge in [0.2, 0.25) is 11.8 Å². The molecule has 5 heteroatoms. The molecule has 1 saturated heterocycles. The van der Waals surface area contributed by atoms with Gasteiger partial charge in [-0.1, -0.05) is 40.5 Å². The van der Waals surface area contributed by atoms with Crippen LogP contribution in [-0.2, 0) is 9.59 Å². The van der Waals surface area contributed by atoms with E-state index in [2.05, 4.69) is 5.32 Å². The Bertz CT molecular complexity index is 353. The van der Waals surface area contributed by atoms with Crippen LogP contribution < -0.4 is 5.32 Å². The molecular formula is C16H30N2O3. The molecule has 0 aliphatic carbocycles. The van der Waals surface area contributed by atoms with Crippen LogP contribution in [0.4, 0.5) is 0 Å². The van der Waals surface area contributed by atoms with Crippen molar-refractivity contribution in [1.82, 2.24) is 10.2 Å². The normalized spacial score (nSPS) is 18.4. The van der Waals surface area contributed by atoms with Crippen LogP contribution in [0.1, 0.15) is 53.4 Å². The average Bonchev–Trinajstić information content (AvgIpc) is 2.84. The Morgan fingerprint density at radius 2 is 1.95 bits per heavy atom. The van der Waals surface area contributed by atoms with Crippen molar-refractivity contribution in [1.29, 1.82) is 0 Å². The molecule has 0 aromatic heterocycles. The van der Waals surface area contributed by atoms with E-state index in [0.717, 1.165) is 19.3 Å². The third-order valence-corrected chi connectivity index (χ3v) is 4.42. The first-order valence-corrected chi connectivity index (χ1v) is 8.17. The number of aliphatic hydroxyl groups is 1. The summed E-state index contributed by atoms with van der Waals surface area (Å²) in [7, 11) is 0. The summed E-state index contributed by atoms with van der Waals surface area (Å²) in [5.41, 5.74) is 0. The molecular weight excluding hydrogens is 268 g/mol. The lowest BCUT2D eigenvalue weighted by Crippen LogP contribution is -2.52. The van der Waals surface area contributed by atoms with Crippen molar-refractivity contribution in [3.63, 3.8) is 0 Å². The third-order valence-electron chi connectivity index (χ3n) is 4.42. The first-order chi connectivity index (χ1) is 9.92. The van der Waals surface area contributed by atoms with E-state index in [4.69, 9.17) is 0 Å². The van der Waals surface area contributed by atoms with Crippen LogP contribution in [0.25, 0.3) is 0 Å². The molecule has 2 N–H and O–H groups in total. The fourth-order valence-electron chi connectivity index (χ4n) is 3.08. The standard InChI is InChI=1S/C16H30N2O3/c1-5-12(6-2)13(19)10-17-16(21)15(11(3)4)18-9-7-8-14(18)20/h11-13,15,19H,5-10H2,1-4H3,(H,17,21). The number of likely N-dealkylation sites (tertiary alicyclic amines) is 1. The van der Waals surface area contributed by atoms with Gasteiger partial charge in [-0.05, 0) is 18.3 Å². The lowest BCUT2D eigenvalue weighted by molar-refractivity contribution is -0.139. The largest absolute Gasteiger partial charge is 0.391 e.